The molecule has 4 aromatic rings. The maximum atomic E-state index is 12.5. The number of carbonyl (C=O) groups excluding carboxylic acids is 1. The molecular weight excluding hydrogens is 498 g/mol. The van der Waals surface area contributed by atoms with Crippen molar-refractivity contribution in [3.05, 3.63) is 86.2 Å². The van der Waals surface area contributed by atoms with E-state index in [2.05, 4.69) is 22.3 Å². The fourth-order valence-electron chi connectivity index (χ4n) is 4.22. The summed E-state index contributed by atoms with van der Waals surface area (Å²) in [5.74, 6) is 0.670. The molecule has 0 bridgehead atoms. The Bertz CT molecular complexity index is 1420. The van der Waals surface area contributed by atoms with Crippen LogP contribution in [-0.4, -0.2) is 56.5 Å². The second-order valence-corrected chi connectivity index (χ2v) is 10.6. The Hall–Kier alpha value is -3.27. The minimum Gasteiger partial charge on any atom is -0.488 e. The lowest BCUT2D eigenvalue weighted by atomic mass is 10.1. The summed E-state index contributed by atoms with van der Waals surface area (Å²) in [4.78, 5) is 27.8. The van der Waals surface area contributed by atoms with Crippen LogP contribution in [0.25, 0.3) is 11.4 Å². The van der Waals surface area contributed by atoms with E-state index in [4.69, 9.17) is 16.3 Å². The minimum atomic E-state index is -0.116. The van der Waals surface area contributed by atoms with Crippen molar-refractivity contribution < 1.29 is 9.53 Å². The van der Waals surface area contributed by atoms with Gasteiger partial charge in [-0.3, -0.25) is 14.2 Å². The van der Waals surface area contributed by atoms with Crippen LogP contribution in [0.5, 0.6) is 5.75 Å². The number of rotatable bonds is 8. The highest BCUT2D eigenvalue weighted by Crippen LogP contribution is 2.29. The Morgan fingerprint density at radius 1 is 1.17 bits per heavy atom. The highest BCUT2D eigenvalue weighted by Gasteiger charge is 2.21. The third-order valence-electron chi connectivity index (χ3n) is 6.25. The highest BCUT2D eigenvalue weighted by molar-refractivity contribution is 7.18. The quantitative estimate of drug-likeness (QED) is 0.318. The molecule has 4 heterocycles. The maximum absolute atomic E-state index is 12.5. The van der Waals surface area contributed by atoms with Gasteiger partial charge in [-0.25, -0.2) is 4.68 Å². The van der Waals surface area contributed by atoms with Crippen LogP contribution in [0.2, 0.25) is 4.34 Å². The molecule has 0 amide bonds. The molecule has 1 aliphatic heterocycles. The van der Waals surface area contributed by atoms with E-state index in [0.29, 0.717) is 39.2 Å². The molecule has 0 radical (unpaired) electrons. The summed E-state index contributed by atoms with van der Waals surface area (Å²) < 4.78 is 10.3. The maximum Gasteiger partial charge on any atom is 0.255 e. The van der Waals surface area contributed by atoms with E-state index in [1.165, 1.54) is 17.4 Å². The molecule has 1 aliphatic rings. The van der Waals surface area contributed by atoms with Crippen molar-refractivity contribution in [3.8, 4) is 17.1 Å². The van der Waals surface area contributed by atoms with E-state index in [9.17, 15) is 9.59 Å². The molecule has 8 nitrogen and oxygen atoms in total. The number of likely N-dealkylation sites (tertiary alicyclic amines) is 1. The number of hydrogen-bond donors (Lipinski definition) is 0. The van der Waals surface area contributed by atoms with Gasteiger partial charge in [-0.05, 0) is 50.2 Å². The molecule has 5 rings (SSSR count). The molecule has 186 valence electrons. The van der Waals surface area contributed by atoms with E-state index in [0.717, 1.165) is 31.6 Å². The van der Waals surface area contributed by atoms with E-state index in [-0.39, 0.29) is 17.4 Å². The normalized spacial score (nSPS) is 14.7. The second kappa shape index (κ2) is 10.8. The fraction of sp³-hybridized carbons (Fsp3) is 0.308. The Morgan fingerprint density at radius 3 is 2.75 bits per heavy atom. The van der Waals surface area contributed by atoms with Gasteiger partial charge in [0.25, 0.3) is 5.56 Å². The van der Waals surface area contributed by atoms with Crippen molar-refractivity contribution in [2.75, 3.05) is 20.1 Å². The highest BCUT2D eigenvalue weighted by atomic mass is 35.5. The zero-order chi connectivity index (χ0) is 25.1. The number of nitrogens with zero attached hydrogens (tertiary/aromatic N) is 5. The van der Waals surface area contributed by atoms with Crippen LogP contribution in [0.4, 0.5) is 0 Å². The predicted octanol–water partition coefficient (Wildman–Crippen LogP) is 4.42. The van der Waals surface area contributed by atoms with Gasteiger partial charge >= 0.3 is 0 Å². The molecule has 0 N–H and O–H groups in total. The van der Waals surface area contributed by atoms with Crippen LogP contribution >= 0.6 is 22.9 Å². The molecule has 0 spiro atoms. The summed E-state index contributed by atoms with van der Waals surface area (Å²) in [5, 5.41) is 8.58. The van der Waals surface area contributed by atoms with E-state index >= 15 is 0 Å². The Balaban J connectivity index is 1.39. The van der Waals surface area contributed by atoms with Gasteiger partial charge in [-0.2, -0.15) is 0 Å². The van der Waals surface area contributed by atoms with Crippen LogP contribution in [0.1, 0.15) is 34.6 Å². The number of carbonyl (C=O) groups is 1. The van der Waals surface area contributed by atoms with Crippen molar-refractivity contribution in [2.24, 2.45) is 0 Å². The van der Waals surface area contributed by atoms with Crippen LogP contribution in [0.3, 0.4) is 0 Å². The monoisotopic (exact) mass is 523 g/mol. The topological polar surface area (TPSA) is 82.2 Å². The number of aromatic nitrogens is 4. The summed E-state index contributed by atoms with van der Waals surface area (Å²) in [6.45, 7) is 1.93. The van der Waals surface area contributed by atoms with E-state index in [1.54, 1.807) is 33.6 Å². The lowest BCUT2D eigenvalue weighted by Gasteiger charge is -2.30. The van der Waals surface area contributed by atoms with Gasteiger partial charge in [0.15, 0.2) is 5.78 Å². The zero-order valence-corrected chi connectivity index (χ0v) is 21.4. The first-order valence-electron chi connectivity index (χ1n) is 11.8. The first-order valence-corrected chi connectivity index (χ1v) is 13.0. The van der Waals surface area contributed by atoms with Gasteiger partial charge in [0, 0.05) is 44.3 Å². The van der Waals surface area contributed by atoms with Crippen molar-refractivity contribution in [3.63, 3.8) is 0 Å². The third kappa shape index (κ3) is 5.59. The average Bonchev–Trinajstić information content (AvgIpc) is 3.53. The van der Waals surface area contributed by atoms with Gasteiger partial charge in [0.05, 0.1) is 26.8 Å². The number of piperidine rings is 1. The number of thiophene rings is 1. The molecule has 1 fully saturated rings. The van der Waals surface area contributed by atoms with Crippen molar-refractivity contribution in [1.29, 1.82) is 0 Å². The van der Waals surface area contributed by atoms with Gasteiger partial charge in [-0.1, -0.05) is 22.9 Å². The summed E-state index contributed by atoms with van der Waals surface area (Å²) in [6.07, 6.45) is 6.26. The van der Waals surface area contributed by atoms with Crippen molar-refractivity contribution in [1.82, 2.24) is 24.5 Å². The van der Waals surface area contributed by atoms with Gasteiger partial charge in [-0.15, -0.1) is 16.4 Å². The Kier molecular flexibility index (Phi) is 7.31. The molecule has 0 unspecified atom stereocenters. The molecule has 0 atom stereocenters. The lowest BCUT2D eigenvalue weighted by molar-refractivity contribution is 0.0986. The zero-order valence-electron chi connectivity index (χ0n) is 19.8. The Labute approximate surface area is 217 Å². The number of halogens is 1. The number of ether oxygens (including phenoxy) is 1. The number of aryl methyl sites for hydroxylation is 1. The third-order valence-corrected chi connectivity index (χ3v) is 7.52. The number of ketones is 1. The lowest BCUT2D eigenvalue weighted by Crippen LogP contribution is -2.35. The summed E-state index contributed by atoms with van der Waals surface area (Å²) in [7, 11) is 2.11. The van der Waals surface area contributed by atoms with Crippen LogP contribution in [0.15, 0.2) is 65.7 Å². The number of benzene rings is 1. The number of Topliss-reactive ketones (excluding diaryl/α,β-unsaturated/α-hetero) is 1. The van der Waals surface area contributed by atoms with E-state index < -0.39 is 0 Å². The summed E-state index contributed by atoms with van der Waals surface area (Å²) in [6, 6.07) is 14.2. The summed E-state index contributed by atoms with van der Waals surface area (Å²) in [5.41, 5.74) is 2.04. The van der Waals surface area contributed by atoms with Gasteiger partial charge in [0.1, 0.15) is 17.5 Å². The smallest absolute Gasteiger partial charge is 0.255 e. The SMILES string of the molecule is CN1CCC(Oc2cc(-n3ccccc3=O)ccc2-n2cc(CCC(=O)c3ccc(Cl)s3)nn2)CC1. The first kappa shape index (κ1) is 24.4. The summed E-state index contributed by atoms with van der Waals surface area (Å²) >= 11 is 7.23. The standard InChI is InChI=1S/C26H26ClN5O3S/c1-30-14-11-20(12-15-30)35-23-16-19(31-13-3-2-4-26(31)34)6-7-21(23)32-17-18(28-29-32)5-8-22(33)24-9-10-25(27)36-24/h2-4,6-7,9-10,13,16-17,20H,5,8,11-12,14-15H2,1H3. The fourth-order valence-corrected chi connectivity index (χ4v) is 5.23. The molecule has 36 heavy (non-hydrogen) atoms. The van der Waals surface area contributed by atoms with Crippen LogP contribution in [0, 0.1) is 0 Å². The molecule has 10 heteroatoms. The molecule has 0 aliphatic carbocycles. The molecule has 0 saturated carbocycles. The molecule has 1 aromatic carbocycles. The minimum absolute atomic E-state index is 0.0328. The molecule has 3 aromatic heterocycles. The van der Waals surface area contributed by atoms with Crippen molar-refractivity contribution >= 4 is 28.7 Å². The van der Waals surface area contributed by atoms with Gasteiger partial charge < -0.3 is 9.64 Å². The van der Waals surface area contributed by atoms with Crippen LogP contribution < -0.4 is 10.3 Å². The first-order chi connectivity index (χ1) is 17.5. The number of hydrogen-bond acceptors (Lipinski definition) is 7. The average molecular weight is 524 g/mol. The molecular formula is C26H26ClN5O3S. The second-order valence-electron chi connectivity index (χ2n) is 8.86. The van der Waals surface area contributed by atoms with Crippen molar-refractivity contribution in [2.45, 2.75) is 31.8 Å². The predicted molar refractivity (Wildman–Crippen MR) is 140 cm³/mol. The van der Waals surface area contributed by atoms with Gasteiger partial charge in [0.2, 0.25) is 0 Å². The Morgan fingerprint density at radius 2 is 2.00 bits per heavy atom. The molecule has 1 saturated heterocycles. The van der Waals surface area contributed by atoms with Crippen LogP contribution in [-0.2, 0) is 6.42 Å². The number of pyridine rings is 1. The van der Waals surface area contributed by atoms with E-state index in [1.807, 2.05) is 30.5 Å². The largest absolute Gasteiger partial charge is 0.488 e.